The van der Waals surface area contributed by atoms with E-state index in [1.165, 1.54) is 0 Å². The minimum Gasteiger partial charge on any atom is -0.325 e. The lowest BCUT2D eigenvalue weighted by Gasteiger charge is -2.25. The molecular formula is C13H26N2OS. The molecule has 0 spiro atoms. The van der Waals surface area contributed by atoms with Crippen LogP contribution in [0, 0.1) is 5.92 Å². The van der Waals surface area contributed by atoms with Crippen molar-refractivity contribution in [2.75, 3.05) is 12.8 Å². The van der Waals surface area contributed by atoms with E-state index in [2.05, 4.69) is 39.3 Å². The summed E-state index contributed by atoms with van der Waals surface area (Å²) in [7, 11) is 0. The number of rotatable bonds is 6. The number of amides is 1. The maximum absolute atomic E-state index is 12.4. The number of carbonyl (C=O) groups is 1. The SMILES string of the molecule is CCC(C)C1NC(CC)N(CC(C)SC)C1=O. The third-order valence-electron chi connectivity index (χ3n) is 3.75. The van der Waals surface area contributed by atoms with Crippen molar-refractivity contribution in [3.05, 3.63) is 0 Å². The molecule has 1 fully saturated rings. The number of hydrogen-bond donors (Lipinski definition) is 1. The summed E-state index contributed by atoms with van der Waals surface area (Å²) in [6.45, 7) is 9.48. The summed E-state index contributed by atoms with van der Waals surface area (Å²) in [5.74, 6) is 0.721. The topological polar surface area (TPSA) is 32.3 Å². The molecule has 0 bridgehead atoms. The Balaban J connectivity index is 2.71. The molecule has 100 valence electrons. The molecule has 1 N–H and O–H groups in total. The smallest absolute Gasteiger partial charge is 0.241 e. The van der Waals surface area contributed by atoms with E-state index in [0.717, 1.165) is 19.4 Å². The third-order valence-corrected chi connectivity index (χ3v) is 4.71. The summed E-state index contributed by atoms with van der Waals surface area (Å²) in [4.78, 5) is 14.4. The lowest BCUT2D eigenvalue weighted by Crippen LogP contribution is -2.40. The molecule has 4 heteroatoms. The second kappa shape index (κ2) is 6.64. The predicted octanol–water partition coefficient (Wildman–Crippen LogP) is 2.32. The van der Waals surface area contributed by atoms with Gasteiger partial charge < -0.3 is 4.90 Å². The van der Waals surface area contributed by atoms with Crippen LogP contribution in [0.25, 0.3) is 0 Å². The Bertz CT molecular complexity index is 260. The Morgan fingerprint density at radius 3 is 2.53 bits per heavy atom. The van der Waals surface area contributed by atoms with Gasteiger partial charge in [-0.2, -0.15) is 11.8 Å². The van der Waals surface area contributed by atoms with E-state index in [9.17, 15) is 4.79 Å². The molecule has 0 aromatic carbocycles. The molecule has 0 aromatic rings. The summed E-state index contributed by atoms with van der Waals surface area (Å²) in [6.07, 6.45) is 4.37. The highest BCUT2D eigenvalue weighted by Crippen LogP contribution is 2.22. The normalized spacial score (nSPS) is 28.5. The molecule has 1 aliphatic heterocycles. The number of carbonyl (C=O) groups excluding carboxylic acids is 1. The van der Waals surface area contributed by atoms with Crippen molar-refractivity contribution in [2.45, 2.75) is 58.0 Å². The van der Waals surface area contributed by atoms with Crippen molar-refractivity contribution in [1.82, 2.24) is 10.2 Å². The standard InChI is InChI=1S/C13H26N2OS/c1-6-9(3)12-13(16)15(8-10(4)17-5)11(7-2)14-12/h9-12,14H,6-8H2,1-5H3. The molecule has 1 saturated heterocycles. The Morgan fingerprint density at radius 2 is 2.06 bits per heavy atom. The van der Waals surface area contributed by atoms with Crippen LogP contribution in [0.4, 0.5) is 0 Å². The highest BCUT2D eigenvalue weighted by molar-refractivity contribution is 7.99. The quantitative estimate of drug-likeness (QED) is 0.793. The number of nitrogens with zero attached hydrogens (tertiary/aromatic N) is 1. The van der Waals surface area contributed by atoms with Crippen molar-refractivity contribution < 1.29 is 4.79 Å². The lowest BCUT2D eigenvalue weighted by molar-refractivity contribution is -0.130. The van der Waals surface area contributed by atoms with Gasteiger partial charge in [-0.05, 0) is 18.6 Å². The monoisotopic (exact) mass is 258 g/mol. The largest absolute Gasteiger partial charge is 0.325 e. The molecule has 17 heavy (non-hydrogen) atoms. The lowest BCUT2D eigenvalue weighted by atomic mass is 9.99. The van der Waals surface area contributed by atoms with Crippen molar-refractivity contribution in [2.24, 2.45) is 5.92 Å². The summed E-state index contributed by atoms with van der Waals surface area (Å²) in [5.41, 5.74) is 0. The van der Waals surface area contributed by atoms with Gasteiger partial charge in [0, 0.05) is 11.8 Å². The fraction of sp³-hybridized carbons (Fsp3) is 0.923. The molecule has 1 aliphatic rings. The van der Waals surface area contributed by atoms with Crippen LogP contribution in [0.3, 0.4) is 0 Å². The van der Waals surface area contributed by atoms with Gasteiger partial charge in [-0.25, -0.2) is 0 Å². The second-order valence-electron chi connectivity index (χ2n) is 4.99. The van der Waals surface area contributed by atoms with E-state index in [0.29, 0.717) is 17.1 Å². The molecule has 1 amide bonds. The van der Waals surface area contributed by atoms with Gasteiger partial charge in [0.1, 0.15) is 0 Å². The molecule has 0 aliphatic carbocycles. The minimum atomic E-state index is 0.0269. The summed E-state index contributed by atoms with van der Waals surface area (Å²) in [5, 5.41) is 3.99. The second-order valence-corrected chi connectivity index (χ2v) is 6.27. The third kappa shape index (κ3) is 3.38. The predicted molar refractivity (Wildman–Crippen MR) is 75.1 cm³/mol. The van der Waals surface area contributed by atoms with Gasteiger partial charge in [-0.1, -0.05) is 34.1 Å². The first kappa shape index (κ1) is 14.8. The van der Waals surface area contributed by atoms with E-state index in [1.807, 2.05) is 16.7 Å². The molecule has 3 nitrogen and oxygen atoms in total. The Morgan fingerprint density at radius 1 is 1.41 bits per heavy atom. The van der Waals surface area contributed by atoms with Gasteiger partial charge in [0.2, 0.25) is 5.91 Å². The molecular weight excluding hydrogens is 232 g/mol. The first-order valence-corrected chi connectivity index (χ1v) is 7.93. The molecule has 4 unspecified atom stereocenters. The zero-order valence-corrected chi connectivity index (χ0v) is 12.5. The summed E-state index contributed by atoms with van der Waals surface area (Å²) in [6, 6.07) is 0.0269. The zero-order valence-electron chi connectivity index (χ0n) is 11.7. The Hall–Kier alpha value is -0.220. The van der Waals surface area contributed by atoms with Crippen LogP contribution in [-0.2, 0) is 4.79 Å². The highest BCUT2D eigenvalue weighted by atomic mass is 32.2. The van der Waals surface area contributed by atoms with Crippen LogP contribution in [0.15, 0.2) is 0 Å². The Kier molecular flexibility index (Phi) is 5.80. The maximum atomic E-state index is 12.4. The van der Waals surface area contributed by atoms with Crippen LogP contribution in [0.5, 0.6) is 0 Å². The average molecular weight is 258 g/mol. The molecule has 0 aromatic heterocycles. The van der Waals surface area contributed by atoms with Crippen molar-refractivity contribution >= 4 is 17.7 Å². The van der Waals surface area contributed by atoms with E-state index >= 15 is 0 Å². The van der Waals surface area contributed by atoms with E-state index < -0.39 is 0 Å². The zero-order chi connectivity index (χ0) is 13.0. The molecule has 4 atom stereocenters. The molecule has 0 saturated carbocycles. The van der Waals surface area contributed by atoms with Crippen molar-refractivity contribution in [3.8, 4) is 0 Å². The van der Waals surface area contributed by atoms with Crippen LogP contribution < -0.4 is 5.32 Å². The first-order chi connectivity index (χ1) is 8.04. The summed E-state index contributed by atoms with van der Waals surface area (Å²) < 4.78 is 0. The fourth-order valence-corrected chi connectivity index (χ4v) is 2.56. The minimum absolute atomic E-state index is 0.0269. The molecule has 0 radical (unpaired) electrons. The highest BCUT2D eigenvalue weighted by Gasteiger charge is 2.40. The first-order valence-electron chi connectivity index (χ1n) is 6.64. The van der Waals surface area contributed by atoms with Crippen molar-refractivity contribution in [3.63, 3.8) is 0 Å². The number of nitrogens with one attached hydrogen (secondary N) is 1. The average Bonchev–Trinajstić information content (AvgIpc) is 2.65. The summed E-state index contributed by atoms with van der Waals surface area (Å²) >= 11 is 1.82. The van der Waals surface area contributed by atoms with Gasteiger partial charge in [-0.3, -0.25) is 10.1 Å². The van der Waals surface area contributed by atoms with Gasteiger partial charge >= 0.3 is 0 Å². The van der Waals surface area contributed by atoms with Crippen LogP contribution in [0.1, 0.15) is 40.5 Å². The molecule has 1 heterocycles. The van der Waals surface area contributed by atoms with E-state index in [1.54, 1.807) is 0 Å². The molecule has 1 rings (SSSR count). The Labute approximate surface area is 110 Å². The maximum Gasteiger partial charge on any atom is 0.241 e. The van der Waals surface area contributed by atoms with Crippen LogP contribution in [0.2, 0.25) is 0 Å². The van der Waals surface area contributed by atoms with Gasteiger partial charge in [0.25, 0.3) is 0 Å². The fourth-order valence-electron chi connectivity index (χ4n) is 2.25. The van der Waals surface area contributed by atoms with Crippen LogP contribution >= 0.6 is 11.8 Å². The van der Waals surface area contributed by atoms with Crippen molar-refractivity contribution in [1.29, 1.82) is 0 Å². The van der Waals surface area contributed by atoms with Gasteiger partial charge in [0.15, 0.2) is 0 Å². The van der Waals surface area contributed by atoms with Crippen LogP contribution in [-0.4, -0.2) is 41.1 Å². The van der Waals surface area contributed by atoms with E-state index in [-0.39, 0.29) is 12.2 Å². The number of hydrogen-bond acceptors (Lipinski definition) is 3. The van der Waals surface area contributed by atoms with Gasteiger partial charge in [0.05, 0.1) is 12.2 Å². The van der Waals surface area contributed by atoms with E-state index in [4.69, 9.17) is 0 Å². The number of thioether (sulfide) groups is 1. The van der Waals surface area contributed by atoms with Gasteiger partial charge in [-0.15, -0.1) is 0 Å².